The number of imide groups is 1. The number of hydrogen-bond donors (Lipinski definition) is 1. The fraction of sp³-hybridized carbons (Fsp3) is 0.172. The number of ether oxygens (including phenoxy) is 1. The van der Waals surface area contributed by atoms with Crippen LogP contribution >= 0.6 is 34.7 Å². The van der Waals surface area contributed by atoms with E-state index in [1.54, 1.807) is 55.6 Å². The molecule has 3 amide bonds. The van der Waals surface area contributed by atoms with Crippen molar-refractivity contribution in [2.24, 2.45) is 5.92 Å². The number of rotatable bonds is 6. The molecule has 1 N–H and O–H groups in total. The summed E-state index contributed by atoms with van der Waals surface area (Å²) in [7, 11) is 1.56. The van der Waals surface area contributed by atoms with Crippen molar-refractivity contribution >= 4 is 63.8 Å². The third-order valence-corrected chi connectivity index (χ3v) is 9.82. The van der Waals surface area contributed by atoms with Gasteiger partial charge in [-0.05, 0) is 54.1 Å². The first-order valence-corrected chi connectivity index (χ1v) is 14.5. The Hall–Kier alpha value is -3.86. The van der Waals surface area contributed by atoms with E-state index >= 15 is 0 Å². The minimum absolute atomic E-state index is 0.231. The molecular formula is C29H22ClN3O5S2. The summed E-state index contributed by atoms with van der Waals surface area (Å²) >= 11 is 8.23. The summed E-state index contributed by atoms with van der Waals surface area (Å²) in [5, 5.41) is 3.08. The maximum atomic E-state index is 13.9. The van der Waals surface area contributed by atoms with Gasteiger partial charge in [0.25, 0.3) is 0 Å². The van der Waals surface area contributed by atoms with Gasteiger partial charge in [0.2, 0.25) is 17.7 Å². The number of thiazole rings is 1. The Morgan fingerprint density at radius 3 is 2.33 bits per heavy atom. The highest BCUT2D eigenvalue weighted by molar-refractivity contribution is 8.00. The van der Waals surface area contributed by atoms with Crippen molar-refractivity contribution in [3.8, 4) is 5.75 Å². The zero-order valence-electron chi connectivity index (χ0n) is 21.1. The lowest BCUT2D eigenvalue weighted by Gasteiger charge is -2.30. The van der Waals surface area contributed by atoms with E-state index in [-0.39, 0.29) is 29.1 Å². The Bertz CT molecular complexity index is 1670. The van der Waals surface area contributed by atoms with Crippen LogP contribution in [0.2, 0.25) is 5.02 Å². The molecule has 0 aliphatic carbocycles. The lowest BCUT2D eigenvalue weighted by molar-refractivity contribution is -0.122. The van der Waals surface area contributed by atoms with Crippen LogP contribution in [0.3, 0.4) is 0 Å². The van der Waals surface area contributed by atoms with Crippen molar-refractivity contribution in [1.29, 1.82) is 0 Å². The van der Waals surface area contributed by atoms with Crippen molar-refractivity contribution in [1.82, 2.24) is 4.57 Å². The Morgan fingerprint density at radius 2 is 1.65 bits per heavy atom. The lowest BCUT2D eigenvalue weighted by Crippen LogP contribution is -2.33. The second kappa shape index (κ2) is 10.6. The van der Waals surface area contributed by atoms with Gasteiger partial charge in [-0.15, -0.1) is 0 Å². The fourth-order valence-corrected chi connectivity index (χ4v) is 8.04. The molecule has 0 saturated carbocycles. The summed E-state index contributed by atoms with van der Waals surface area (Å²) in [6.45, 7) is -0.231. The maximum absolute atomic E-state index is 13.9. The molecule has 0 bridgehead atoms. The zero-order valence-corrected chi connectivity index (χ0v) is 23.5. The van der Waals surface area contributed by atoms with Crippen LogP contribution < -0.4 is 19.8 Å². The number of hydrogen-bond acceptors (Lipinski definition) is 7. The van der Waals surface area contributed by atoms with E-state index in [1.165, 1.54) is 21.2 Å². The van der Waals surface area contributed by atoms with E-state index in [4.69, 9.17) is 16.3 Å². The highest BCUT2D eigenvalue weighted by atomic mass is 35.5. The number of nitrogens with zero attached hydrogens (tertiary/aromatic N) is 2. The molecule has 1 fully saturated rings. The van der Waals surface area contributed by atoms with Gasteiger partial charge in [-0.3, -0.25) is 23.7 Å². The molecule has 11 heteroatoms. The number of benzene rings is 3. The smallest absolute Gasteiger partial charge is 0.308 e. The van der Waals surface area contributed by atoms with Crippen molar-refractivity contribution in [2.45, 2.75) is 22.7 Å². The number of fused-ring (bicyclic) bond motifs is 2. The van der Waals surface area contributed by atoms with Crippen LogP contribution in [-0.4, -0.2) is 34.6 Å². The molecule has 3 heterocycles. The van der Waals surface area contributed by atoms with Gasteiger partial charge in [0.15, 0.2) is 0 Å². The van der Waals surface area contributed by atoms with Gasteiger partial charge in [0.1, 0.15) is 17.5 Å². The van der Waals surface area contributed by atoms with Crippen molar-refractivity contribution < 1.29 is 19.1 Å². The number of nitrogens with one attached hydrogen (secondary N) is 1. The number of anilines is 2. The van der Waals surface area contributed by atoms with E-state index in [1.807, 2.05) is 30.3 Å². The molecule has 1 saturated heterocycles. The van der Waals surface area contributed by atoms with Gasteiger partial charge in [0, 0.05) is 21.5 Å². The molecule has 6 rings (SSSR count). The Morgan fingerprint density at radius 1 is 0.950 bits per heavy atom. The number of carbonyl (C=O) groups excluding carboxylic acids is 3. The molecular weight excluding hydrogens is 570 g/mol. The molecule has 2 aliphatic rings. The van der Waals surface area contributed by atoms with E-state index in [2.05, 4.69) is 5.32 Å². The Labute approximate surface area is 242 Å². The fourth-order valence-electron chi connectivity index (χ4n) is 5.14. The Balaban J connectivity index is 1.37. The molecule has 202 valence electrons. The summed E-state index contributed by atoms with van der Waals surface area (Å²) < 4.78 is 6.56. The number of aromatic nitrogens is 1. The largest absolute Gasteiger partial charge is 0.497 e. The quantitative estimate of drug-likeness (QED) is 0.317. The summed E-state index contributed by atoms with van der Waals surface area (Å²) in [6, 6.07) is 22.8. The number of methoxy groups -OCH3 is 1. The lowest BCUT2D eigenvalue weighted by atomic mass is 9.83. The minimum Gasteiger partial charge on any atom is -0.497 e. The maximum Gasteiger partial charge on any atom is 0.308 e. The molecule has 3 aromatic carbocycles. The molecule has 0 radical (unpaired) electrons. The second-order valence-electron chi connectivity index (χ2n) is 9.34. The first-order chi connectivity index (χ1) is 19.4. The number of carbonyl (C=O) groups is 3. The molecule has 4 aromatic rings. The van der Waals surface area contributed by atoms with Crippen LogP contribution in [0.4, 0.5) is 11.4 Å². The summed E-state index contributed by atoms with van der Waals surface area (Å²) in [6.07, 6.45) is 0. The van der Waals surface area contributed by atoms with Crippen LogP contribution in [0.25, 0.3) is 0 Å². The van der Waals surface area contributed by atoms with Gasteiger partial charge in [-0.1, -0.05) is 65.0 Å². The average Bonchev–Trinajstić information content (AvgIpc) is 3.40. The topological polar surface area (TPSA) is 97.7 Å². The molecule has 0 spiro atoms. The predicted octanol–water partition coefficient (Wildman–Crippen LogP) is 5.01. The Kier molecular flexibility index (Phi) is 6.99. The van der Waals surface area contributed by atoms with E-state index in [0.29, 0.717) is 32.1 Å². The van der Waals surface area contributed by atoms with E-state index in [0.717, 1.165) is 16.9 Å². The van der Waals surface area contributed by atoms with E-state index in [9.17, 15) is 19.2 Å². The average molecular weight is 592 g/mol. The highest BCUT2D eigenvalue weighted by Crippen LogP contribution is 2.53. The van der Waals surface area contributed by atoms with Gasteiger partial charge in [-0.2, -0.15) is 0 Å². The molecule has 0 unspecified atom stereocenters. The number of halogens is 1. The summed E-state index contributed by atoms with van der Waals surface area (Å²) in [5.74, 6) is -1.64. The second-order valence-corrected chi connectivity index (χ2v) is 11.9. The van der Waals surface area contributed by atoms with Crippen LogP contribution in [-0.2, 0) is 20.9 Å². The van der Waals surface area contributed by atoms with Gasteiger partial charge >= 0.3 is 4.87 Å². The molecule has 1 aromatic heterocycles. The normalized spacial score (nSPS) is 19.8. The first kappa shape index (κ1) is 26.4. The predicted molar refractivity (Wildman–Crippen MR) is 156 cm³/mol. The number of thioether (sulfide) groups is 1. The van der Waals surface area contributed by atoms with Crippen LogP contribution in [0, 0.1) is 5.92 Å². The summed E-state index contributed by atoms with van der Waals surface area (Å²) in [5.41, 5.74) is 1.84. The molecule has 40 heavy (non-hydrogen) atoms. The standard InChI is InChI=1S/C29H22ClN3O5S2/c1-38-20-13-9-18(10-14-20)31-21(34)15-32-28-25(40-29(32)37)22(16-5-3-2-4-6-16)23-24(39-28)27(36)33(26(23)35)19-11-7-17(30)8-12-19/h2-14,22-24H,15H2,1H3,(H,31,34)/t22-,23-,24+/m0/s1. The first-order valence-electron chi connectivity index (χ1n) is 12.4. The van der Waals surface area contributed by atoms with Crippen molar-refractivity contribution in [2.75, 3.05) is 17.3 Å². The third kappa shape index (κ3) is 4.61. The third-order valence-electron chi connectivity index (χ3n) is 6.97. The zero-order chi connectivity index (χ0) is 28.0. The highest BCUT2D eigenvalue weighted by Gasteiger charge is 2.56. The van der Waals surface area contributed by atoms with Gasteiger partial charge in [0.05, 0.1) is 23.7 Å². The van der Waals surface area contributed by atoms with Crippen LogP contribution in [0.15, 0.2) is 88.7 Å². The molecule has 3 atom stereocenters. The van der Waals surface area contributed by atoms with Crippen molar-refractivity contribution in [3.05, 3.63) is 104 Å². The molecule has 8 nitrogen and oxygen atoms in total. The van der Waals surface area contributed by atoms with Gasteiger partial charge in [-0.25, -0.2) is 4.90 Å². The number of amides is 3. The van der Waals surface area contributed by atoms with Crippen LogP contribution in [0.5, 0.6) is 5.75 Å². The monoisotopic (exact) mass is 591 g/mol. The molecule has 2 aliphatic heterocycles. The summed E-state index contributed by atoms with van der Waals surface area (Å²) in [4.78, 5) is 55.4. The van der Waals surface area contributed by atoms with Crippen molar-refractivity contribution in [3.63, 3.8) is 0 Å². The minimum atomic E-state index is -0.759. The SMILES string of the molecule is COc1ccc(NC(=O)Cn2c3c(sc2=O)[C@@H](c2ccccc2)[C@@H]2C(=O)N(c4ccc(Cl)cc4)C(=O)[C@@H]2S3)cc1. The van der Waals surface area contributed by atoms with Crippen LogP contribution in [0.1, 0.15) is 16.4 Å². The van der Waals surface area contributed by atoms with Gasteiger partial charge < -0.3 is 10.1 Å². The van der Waals surface area contributed by atoms with E-state index < -0.39 is 17.1 Å².